The topological polar surface area (TPSA) is 132 Å². The van der Waals surface area contributed by atoms with Gasteiger partial charge in [-0.1, -0.05) is 219 Å². The Bertz CT molecular complexity index is 830. The minimum atomic E-state index is -4.51. The zero-order valence-electron chi connectivity index (χ0n) is 36.2. The summed E-state index contributed by atoms with van der Waals surface area (Å²) < 4.78 is 33.4. The van der Waals surface area contributed by atoms with Gasteiger partial charge in [-0.25, -0.2) is 4.57 Å². The zero-order chi connectivity index (χ0) is 40.3. The van der Waals surface area contributed by atoms with E-state index in [1.165, 1.54) is 186 Å². The van der Waals surface area contributed by atoms with Crippen LogP contribution in [-0.4, -0.2) is 66.3 Å². The Hall–Kier alpha value is -0.540. The average Bonchev–Trinajstić information content (AvgIpc) is 3.18. The Morgan fingerprint density at radius 1 is 0.491 bits per heavy atom. The first kappa shape index (κ1) is 54.5. The highest BCUT2D eigenvalue weighted by Crippen LogP contribution is 2.43. The first-order valence-corrected chi connectivity index (χ1v) is 25.0. The second-order valence-electron chi connectivity index (χ2n) is 16.1. The summed E-state index contributed by atoms with van der Waals surface area (Å²) in [5, 5.41) is 18.3. The third kappa shape index (κ3) is 42.9. The minimum Gasteiger partial charge on any atom is -0.457 e. The van der Waals surface area contributed by atoms with Crippen molar-refractivity contribution in [3.63, 3.8) is 0 Å². The van der Waals surface area contributed by atoms with E-state index in [0.29, 0.717) is 6.61 Å². The fourth-order valence-corrected chi connectivity index (χ4v) is 7.74. The molecule has 0 spiro atoms. The Morgan fingerprint density at radius 2 is 0.818 bits per heavy atom. The molecule has 0 saturated heterocycles. The summed E-state index contributed by atoms with van der Waals surface area (Å²) in [6, 6.07) is 0. The molecule has 0 aromatic heterocycles. The van der Waals surface area contributed by atoms with Gasteiger partial charge in [0.2, 0.25) is 0 Å². The smallest absolute Gasteiger partial charge is 0.457 e. The van der Waals surface area contributed by atoms with Crippen LogP contribution in [-0.2, 0) is 27.9 Å². The predicted octanol–water partition coefficient (Wildman–Crippen LogP) is 13.1. The number of esters is 1. The number of hydrogen-bond donors (Lipinski definition) is 3. The van der Waals surface area contributed by atoms with E-state index in [1.807, 2.05) is 0 Å². The maximum atomic E-state index is 12.6. The van der Waals surface area contributed by atoms with Crippen LogP contribution in [0, 0.1) is 0 Å². The number of rotatable bonds is 46. The van der Waals surface area contributed by atoms with Crippen LogP contribution in [0.1, 0.15) is 239 Å². The van der Waals surface area contributed by atoms with E-state index in [1.54, 1.807) is 0 Å². The molecule has 0 rings (SSSR count). The van der Waals surface area contributed by atoms with Crippen molar-refractivity contribution in [3.8, 4) is 0 Å². The van der Waals surface area contributed by atoms with E-state index in [4.69, 9.17) is 23.6 Å². The van der Waals surface area contributed by atoms with Crippen molar-refractivity contribution in [2.24, 2.45) is 0 Å². The van der Waals surface area contributed by atoms with Crippen molar-refractivity contribution >= 4 is 13.8 Å². The molecule has 55 heavy (non-hydrogen) atoms. The van der Waals surface area contributed by atoms with Crippen LogP contribution >= 0.6 is 7.82 Å². The fraction of sp³-hybridized carbons (Fsp3) is 0.978. The molecule has 0 aromatic rings. The summed E-state index contributed by atoms with van der Waals surface area (Å²) in [6.45, 7) is 3.57. The van der Waals surface area contributed by atoms with Gasteiger partial charge < -0.3 is 24.6 Å². The lowest BCUT2D eigenvalue weighted by atomic mass is 10.0. The van der Waals surface area contributed by atoms with Crippen LogP contribution in [0.3, 0.4) is 0 Å². The molecule has 10 heteroatoms. The minimum absolute atomic E-state index is 0.0577. The fourth-order valence-electron chi connectivity index (χ4n) is 6.95. The summed E-state index contributed by atoms with van der Waals surface area (Å²) in [5.74, 6) is -0.375. The second-order valence-corrected chi connectivity index (χ2v) is 17.6. The van der Waals surface area contributed by atoms with Crippen LogP contribution in [0.5, 0.6) is 0 Å². The molecule has 9 nitrogen and oxygen atoms in total. The molecule has 0 aliphatic carbocycles. The van der Waals surface area contributed by atoms with E-state index in [9.17, 15) is 19.4 Å². The van der Waals surface area contributed by atoms with Gasteiger partial charge >= 0.3 is 13.8 Å². The van der Waals surface area contributed by atoms with Gasteiger partial charge in [-0.05, 0) is 12.8 Å². The number of aliphatic hydroxyl groups excluding tert-OH is 2. The Kier molecular flexibility index (Phi) is 42.6. The zero-order valence-corrected chi connectivity index (χ0v) is 37.1. The molecule has 0 bridgehead atoms. The largest absolute Gasteiger partial charge is 0.472 e. The first-order valence-electron chi connectivity index (χ1n) is 23.5. The average molecular weight is 807 g/mol. The van der Waals surface area contributed by atoms with Gasteiger partial charge in [-0.3, -0.25) is 13.8 Å². The third-order valence-corrected chi connectivity index (χ3v) is 11.5. The van der Waals surface area contributed by atoms with Gasteiger partial charge in [0.15, 0.2) is 0 Å². The molecule has 3 atom stereocenters. The Morgan fingerprint density at radius 3 is 1.18 bits per heavy atom. The third-order valence-electron chi connectivity index (χ3n) is 10.5. The van der Waals surface area contributed by atoms with E-state index < -0.39 is 33.2 Å². The quantitative estimate of drug-likeness (QED) is 0.0312. The number of phosphoric ester groups is 1. The standard InChI is InChI=1S/C45H91O9P/c1-3-5-7-9-11-13-15-16-17-18-19-20-21-22-23-24-25-26-27-29-31-33-35-37-45(48)54-44(42-53-55(49,50)52-40-43(47)39-46)41-51-38-36-34-32-30-28-14-12-10-8-6-4-2/h43-44,46-47H,3-42H2,1-2H3,(H,49,50). The molecule has 0 heterocycles. The normalized spacial score (nSPS) is 13.9. The van der Waals surface area contributed by atoms with Gasteiger partial charge in [0, 0.05) is 13.0 Å². The van der Waals surface area contributed by atoms with Crippen molar-refractivity contribution in [3.05, 3.63) is 0 Å². The maximum absolute atomic E-state index is 12.6. The molecule has 0 aliphatic rings. The van der Waals surface area contributed by atoms with Gasteiger partial charge in [0.1, 0.15) is 12.2 Å². The highest BCUT2D eigenvalue weighted by atomic mass is 31.2. The van der Waals surface area contributed by atoms with Crippen molar-refractivity contribution in [2.75, 3.05) is 33.0 Å². The molecule has 0 aliphatic heterocycles. The SMILES string of the molecule is CCCCCCCCCCCCCCCCCCCCCCCCCC(=O)OC(COCCCCCCCCCCCCC)COP(=O)(O)OCC(O)CO. The molecule has 3 N–H and O–H groups in total. The van der Waals surface area contributed by atoms with Gasteiger partial charge in [0.05, 0.1) is 26.4 Å². The van der Waals surface area contributed by atoms with Gasteiger partial charge in [0.25, 0.3) is 0 Å². The lowest BCUT2D eigenvalue weighted by Gasteiger charge is -2.20. The van der Waals surface area contributed by atoms with Crippen LogP contribution in [0.2, 0.25) is 0 Å². The molecule has 0 radical (unpaired) electrons. The molecule has 330 valence electrons. The summed E-state index contributed by atoms with van der Waals surface area (Å²) in [4.78, 5) is 22.6. The summed E-state index contributed by atoms with van der Waals surface area (Å²) in [7, 11) is -4.51. The Balaban J connectivity index is 3.97. The molecule has 0 aromatic carbocycles. The number of carbonyl (C=O) groups excluding carboxylic acids is 1. The summed E-state index contributed by atoms with van der Waals surface area (Å²) in [5.41, 5.74) is 0. The number of unbranched alkanes of at least 4 members (excludes halogenated alkanes) is 32. The van der Waals surface area contributed by atoms with Crippen molar-refractivity contribution in [1.29, 1.82) is 0 Å². The van der Waals surface area contributed by atoms with Crippen LogP contribution < -0.4 is 0 Å². The molecular weight excluding hydrogens is 715 g/mol. The number of hydrogen-bond acceptors (Lipinski definition) is 8. The van der Waals surface area contributed by atoms with Gasteiger partial charge in [-0.15, -0.1) is 0 Å². The Labute approximate surface area is 339 Å². The highest BCUT2D eigenvalue weighted by Gasteiger charge is 2.26. The number of ether oxygens (including phenoxy) is 2. The van der Waals surface area contributed by atoms with Crippen molar-refractivity contribution < 1.29 is 43.0 Å². The van der Waals surface area contributed by atoms with Crippen molar-refractivity contribution in [2.45, 2.75) is 251 Å². The van der Waals surface area contributed by atoms with Crippen LogP contribution in [0.15, 0.2) is 0 Å². The second kappa shape index (κ2) is 43.0. The lowest BCUT2D eigenvalue weighted by molar-refractivity contribution is -0.154. The molecule has 0 saturated carbocycles. The molecule has 3 unspecified atom stereocenters. The first-order chi connectivity index (χ1) is 26.8. The van der Waals surface area contributed by atoms with E-state index in [0.717, 1.165) is 32.1 Å². The maximum Gasteiger partial charge on any atom is 0.472 e. The predicted molar refractivity (Wildman–Crippen MR) is 228 cm³/mol. The van der Waals surface area contributed by atoms with E-state index >= 15 is 0 Å². The monoisotopic (exact) mass is 807 g/mol. The van der Waals surface area contributed by atoms with Crippen LogP contribution in [0.4, 0.5) is 0 Å². The molecule has 0 fully saturated rings. The van der Waals surface area contributed by atoms with Crippen molar-refractivity contribution in [1.82, 2.24) is 0 Å². The van der Waals surface area contributed by atoms with E-state index in [-0.39, 0.29) is 25.6 Å². The van der Waals surface area contributed by atoms with Crippen LogP contribution in [0.25, 0.3) is 0 Å². The van der Waals surface area contributed by atoms with Gasteiger partial charge in [-0.2, -0.15) is 0 Å². The molecule has 0 amide bonds. The molecular formula is C45H91O9P. The summed E-state index contributed by atoms with van der Waals surface area (Å²) in [6.07, 6.45) is 42.1. The number of phosphoric acid groups is 1. The summed E-state index contributed by atoms with van der Waals surface area (Å²) >= 11 is 0. The van der Waals surface area contributed by atoms with E-state index in [2.05, 4.69) is 13.8 Å². The number of carbonyl (C=O) groups is 1. The number of aliphatic hydroxyl groups is 2. The lowest BCUT2D eigenvalue weighted by Crippen LogP contribution is -2.29. The highest BCUT2D eigenvalue weighted by molar-refractivity contribution is 7.47.